The van der Waals surface area contributed by atoms with E-state index in [2.05, 4.69) is 20.2 Å². The number of nitrogens with one attached hydrogen (secondary N) is 1. The molecular formula is C18H17N3O4. The molecular weight excluding hydrogens is 322 g/mol. The van der Waals surface area contributed by atoms with Crippen molar-refractivity contribution in [3.05, 3.63) is 59.5 Å². The van der Waals surface area contributed by atoms with E-state index < -0.39 is 0 Å². The molecule has 0 aliphatic carbocycles. The second-order valence-electron chi connectivity index (χ2n) is 5.74. The number of ether oxygens (including phenoxy) is 2. The van der Waals surface area contributed by atoms with Crippen LogP contribution >= 0.6 is 0 Å². The maximum atomic E-state index is 8.63. The van der Waals surface area contributed by atoms with Crippen LogP contribution in [-0.4, -0.2) is 22.0 Å². The summed E-state index contributed by atoms with van der Waals surface area (Å²) >= 11 is 0. The predicted octanol–water partition coefficient (Wildman–Crippen LogP) is 2.64. The molecule has 2 heterocycles. The average molecular weight is 339 g/mol. The van der Waals surface area contributed by atoms with E-state index in [1.165, 1.54) is 0 Å². The number of aromatic nitrogens is 2. The molecule has 1 aliphatic rings. The molecule has 3 aromatic rings. The zero-order valence-corrected chi connectivity index (χ0v) is 13.4. The van der Waals surface area contributed by atoms with Gasteiger partial charge in [-0.05, 0) is 35.4 Å². The van der Waals surface area contributed by atoms with E-state index in [1.807, 2.05) is 36.4 Å². The number of benzene rings is 2. The summed E-state index contributed by atoms with van der Waals surface area (Å²) in [5.41, 5.74) is 3.72. The molecule has 0 unspecified atom stereocenters. The fraction of sp³-hybridized carbons (Fsp3) is 0.222. The van der Waals surface area contributed by atoms with Gasteiger partial charge in [-0.15, -0.1) is 0 Å². The standard InChI is InChI=1S/C18H17N3O4/c22-25-9-13-1-3-15-14(5-13)16(21-10-20-15)8-19-7-12-2-4-17-18(6-12)24-11-23-17/h1-6,10,19,22H,7-9,11H2. The van der Waals surface area contributed by atoms with Gasteiger partial charge in [0.25, 0.3) is 0 Å². The number of hydrogen-bond donors (Lipinski definition) is 2. The van der Waals surface area contributed by atoms with Crippen molar-refractivity contribution in [1.29, 1.82) is 0 Å². The fourth-order valence-electron chi connectivity index (χ4n) is 2.84. The van der Waals surface area contributed by atoms with Gasteiger partial charge in [0.05, 0.1) is 11.2 Å². The minimum atomic E-state index is 0.134. The summed E-state index contributed by atoms with van der Waals surface area (Å²) < 4.78 is 10.7. The van der Waals surface area contributed by atoms with Gasteiger partial charge in [-0.1, -0.05) is 12.1 Å². The van der Waals surface area contributed by atoms with E-state index in [0.717, 1.165) is 39.2 Å². The van der Waals surface area contributed by atoms with Crippen molar-refractivity contribution in [3.63, 3.8) is 0 Å². The lowest BCUT2D eigenvalue weighted by Crippen LogP contribution is -2.14. The third-order valence-corrected chi connectivity index (χ3v) is 4.07. The van der Waals surface area contributed by atoms with Crippen LogP contribution in [0.5, 0.6) is 11.5 Å². The lowest BCUT2D eigenvalue weighted by Gasteiger charge is -2.09. The molecule has 7 heteroatoms. The van der Waals surface area contributed by atoms with Gasteiger partial charge < -0.3 is 14.8 Å². The Balaban J connectivity index is 1.48. The molecule has 0 radical (unpaired) electrons. The largest absolute Gasteiger partial charge is 0.454 e. The third-order valence-electron chi connectivity index (χ3n) is 4.07. The minimum absolute atomic E-state index is 0.134. The molecule has 1 aliphatic heterocycles. The summed E-state index contributed by atoms with van der Waals surface area (Å²) in [5, 5.41) is 13.0. The van der Waals surface area contributed by atoms with Crippen LogP contribution < -0.4 is 14.8 Å². The van der Waals surface area contributed by atoms with Gasteiger partial charge in [-0.3, -0.25) is 5.26 Å². The molecule has 128 valence electrons. The predicted molar refractivity (Wildman–Crippen MR) is 90.1 cm³/mol. The van der Waals surface area contributed by atoms with Crippen LogP contribution in [0.25, 0.3) is 10.9 Å². The molecule has 2 aromatic carbocycles. The van der Waals surface area contributed by atoms with Crippen LogP contribution in [0.3, 0.4) is 0 Å². The van der Waals surface area contributed by atoms with Crippen LogP contribution in [0.1, 0.15) is 16.8 Å². The van der Waals surface area contributed by atoms with Crippen molar-refractivity contribution in [3.8, 4) is 11.5 Å². The van der Waals surface area contributed by atoms with Crippen LogP contribution in [0, 0.1) is 0 Å². The molecule has 0 bridgehead atoms. The zero-order valence-electron chi connectivity index (χ0n) is 13.4. The molecule has 0 saturated carbocycles. The van der Waals surface area contributed by atoms with Gasteiger partial charge in [0, 0.05) is 18.5 Å². The Bertz CT molecular complexity index is 901. The van der Waals surface area contributed by atoms with Crippen molar-refractivity contribution >= 4 is 10.9 Å². The monoisotopic (exact) mass is 339 g/mol. The van der Waals surface area contributed by atoms with Crippen molar-refractivity contribution in [2.75, 3.05) is 6.79 Å². The van der Waals surface area contributed by atoms with E-state index in [-0.39, 0.29) is 13.4 Å². The molecule has 0 fully saturated rings. The molecule has 7 nitrogen and oxygen atoms in total. The summed E-state index contributed by atoms with van der Waals surface area (Å²) in [6, 6.07) is 11.6. The summed E-state index contributed by atoms with van der Waals surface area (Å²) in [6.07, 6.45) is 1.56. The number of nitrogens with zero attached hydrogens (tertiary/aromatic N) is 2. The van der Waals surface area contributed by atoms with E-state index in [1.54, 1.807) is 6.33 Å². The van der Waals surface area contributed by atoms with Gasteiger partial charge in [0.1, 0.15) is 12.9 Å². The lowest BCUT2D eigenvalue weighted by molar-refractivity contribution is -0.252. The van der Waals surface area contributed by atoms with Crippen molar-refractivity contribution in [2.45, 2.75) is 19.7 Å². The van der Waals surface area contributed by atoms with Crippen molar-refractivity contribution < 1.29 is 19.6 Å². The van der Waals surface area contributed by atoms with Crippen LogP contribution in [-0.2, 0) is 24.6 Å². The van der Waals surface area contributed by atoms with Gasteiger partial charge in [-0.25, -0.2) is 14.9 Å². The van der Waals surface area contributed by atoms with Crippen LogP contribution in [0.2, 0.25) is 0 Å². The molecule has 0 amide bonds. The SMILES string of the molecule is OOCc1ccc2ncnc(CNCc3ccc4c(c3)OCO4)c2c1. The summed E-state index contributed by atoms with van der Waals surface area (Å²) in [4.78, 5) is 12.9. The highest BCUT2D eigenvalue weighted by Crippen LogP contribution is 2.32. The average Bonchev–Trinajstić information content (AvgIpc) is 3.10. The first-order chi connectivity index (χ1) is 12.3. The third kappa shape index (κ3) is 3.39. The first-order valence-electron chi connectivity index (χ1n) is 7.91. The Kier molecular flexibility index (Phi) is 4.43. The molecule has 0 spiro atoms. The normalized spacial score (nSPS) is 12.7. The number of hydrogen-bond acceptors (Lipinski definition) is 7. The highest BCUT2D eigenvalue weighted by molar-refractivity contribution is 5.81. The Morgan fingerprint density at radius 3 is 2.80 bits per heavy atom. The van der Waals surface area contributed by atoms with E-state index >= 15 is 0 Å². The second-order valence-corrected chi connectivity index (χ2v) is 5.74. The Hall–Kier alpha value is -2.74. The second kappa shape index (κ2) is 7.02. The molecule has 1 aromatic heterocycles. The fourth-order valence-corrected chi connectivity index (χ4v) is 2.84. The highest BCUT2D eigenvalue weighted by atomic mass is 17.1. The lowest BCUT2D eigenvalue weighted by atomic mass is 10.1. The number of rotatable bonds is 6. The smallest absolute Gasteiger partial charge is 0.231 e. The summed E-state index contributed by atoms with van der Waals surface area (Å²) in [6.45, 7) is 1.69. The van der Waals surface area contributed by atoms with Gasteiger partial charge in [0.15, 0.2) is 11.5 Å². The van der Waals surface area contributed by atoms with Crippen LogP contribution in [0.4, 0.5) is 0 Å². The van der Waals surface area contributed by atoms with Gasteiger partial charge in [-0.2, -0.15) is 0 Å². The minimum Gasteiger partial charge on any atom is -0.454 e. The highest BCUT2D eigenvalue weighted by Gasteiger charge is 2.13. The molecule has 0 saturated heterocycles. The summed E-state index contributed by atoms with van der Waals surface area (Å²) in [5.74, 6) is 1.56. The number of fused-ring (bicyclic) bond motifs is 2. The topological polar surface area (TPSA) is 85.7 Å². The van der Waals surface area contributed by atoms with E-state index in [4.69, 9.17) is 14.7 Å². The first kappa shape index (κ1) is 15.8. The maximum absolute atomic E-state index is 8.63. The Labute approximate surface area is 144 Å². The first-order valence-corrected chi connectivity index (χ1v) is 7.91. The molecule has 0 atom stereocenters. The van der Waals surface area contributed by atoms with Gasteiger partial charge >= 0.3 is 0 Å². The summed E-state index contributed by atoms with van der Waals surface area (Å²) in [7, 11) is 0. The quantitative estimate of drug-likeness (QED) is 0.527. The van der Waals surface area contributed by atoms with E-state index in [0.29, 0.717) is 13.1 Å². The Morgan fingerprint density at radius 2 is 1.88 bits per heavy atom. The molecule has 2 N–H and O–H groups in total. The molecule has 25 heavy (non-hydrogen) atoms. The van der Waals surface area contributed by atoms with Gasteiger partial charge in [0.2, 0.25) is 6.79 Å². The maximum Gasteiger partial charge on any atom is 0.231 e. The van der Waals surface area contributed by atoms with Crippen LogP contribution in [0.15, 0.2) is 42.7 Å². The van der Waals surface area contributed by atoms with E-state index in [9.17, 15) is 0 Å². The molecule has 4 rings (SSSR count). The van der Waals surface area contributed by atoms with Crippen molar-refractivity contribution in [1.82, 2.24) is 15.3 Å². The van der Waals surface area contributed by atoms with Crippen molar-refractivity contribution in [2.24, 2.45) is 0 Å². The zero-order chi connectivity index (χ0) is 17.1. The Morgan fingerprint density at radius 1 is 1.00 bits per heavy atom.